The summed E-state index contributed by atoms with van der Waals surface area (Å²) in [6.45, 7) is 1.73. The van der Waals surface area contributed by atoms with Gasteiger partial charge in [-0.1, -0.05) is 23.2 Å². The molecule has 0 bridgehead atoms. The van der Waals surface area contributed by atoms with Gasteiger partial charge >= 0.3 is 0 Å². The number of rotatable bonds is 4. The molecule has 1 atom stereocenters. The van der Waals surface area contributed by atoms with Crippen LogP contribution in [0.1, 0.15) is 25.2 Å². The largest absolute Gasteiger partial charge is 0.395 e. The topological polar surface area (TPSA) is 62.4 Å². The highest BCUT2D eigenvalue weighted by atomic mass is 35.5. The summed E-state index contributed by atoms with van der Waals surface area (Å²) in [5.41, 5.74) is 0.881. The SMILES string of the molecule is OC[C@H]1CCCCN1Cc1nc(-c2ccc(Cl)cc2)no1. The molecule has 3 rings (SSSR count). The molecule has 6 heteroatoms. The van der Waals surface area contributed by atoms with Gasteiger partial charge in [0.25, 0.3) is 0 Å². The highest BCUT2D eigenvalue weighted by molar-refractivity contribution is 6.30. The second-order valence-electron chi connectivity index (χ2n) is 5.32. The van der Waals surface area contributed by atoms with Crippen molar-refractivity contribution in [3.63, 3.8) is 0 Å². The number of benzene rings is 1. The Balaban J connectivity index is 1.71. The van der Waals surface area contributed by atoms with Crippen LogP contribution in [0, 0.1) is 0 Å². The predicted molar refractivity (Wildman–Crippen MR) is 79.9 cm³/mol. The molecule has 0 amide bonds. The van der Waals surface area contributed by atoms with E-state index in [0.29, 0.717) is 23.3 Å². The van der Waals surface area contributed by atoms with Crippen LogP contribution >= 0.6 is 11.6 Å². The lowest BCUT2D eigenvalue weighted by molar-refractivity contribution is 0.0749. The molecule has 1 saturated heterocycles. The van der Waals surface area contributed by atoms with Crippen LogP contribution < -0.4 is 0 Å². The van der Waals surface area contributed by atoms with E-state index in [1.165, 1.54) is 6.42 Å². The smallest absolute Gasteiger partial charge is 0.241 e. The van der Waals surface area contributed by atoms with Gasteiger partial charge in [0.15, 0.2) is 0 Å². The van der Waals surface area contributed by atoms with Crippen LogP contribution in [-0.2, 0) is 6.54 Å². The first-order valence-electron chi connectivity index (χ1n) is 7.19. The summed E-state index contributed by atoms with van der Waals surface area (Å²) < 4.78 is 5.33. The lowest BCUT2D eigenvalue weighted by Gasteiger charge is -2.33. The predicted octanol–water partition coefficient (Wildman–Crippen LogP) is 2.74. The normalized spacial score (nSPS) is 19.8. The number of aliphatic hydroxyl groups is 1. The molecule has 1 aromatic carbocycles. The number of aliphatic hydroxyl groups excluding tert-OH is 1. The summed E-state index contributed by atoms with van der Waals surface area (Å²) in [5, 5.41) is 14.1. The van der Waals surface area contributed by atoms with Gasteiger partial charge in [-0.05, 0) is 43.7 Å². The summed E-state index contributed by atoms with van der Waals surface area (Å²) in [6.07, 6.45) is 3.34. The molecule has 1 aromatic heterocycles. The van der Waals surface area contributed by atoms with Crippen LogP contribution in [0.15, 0.2) is 28.8 Å². The Morgan fingerprint density at radius 1 is 1.29 bits per heavy atom. The Hall–Kier alpha value is -1.43. The zero-order valence-corrected chi connectivity index (χ0v) is 12.5. The molecule has 2 aromatic rings. The van der Waals surface area contributed by atoms with E-state index >= 15 is 0 Å². The monoisotopic (exact) mass is 307 g/mol. The van der Waals surface area contributed by atoms with Gasteiger partial charge in [-0.3, -0.25) is 4.90 Å². The van der Waals surface area contributed by atoms with Crippen molar-refractivity contribution in [2.24, 2.45) is 0 Å². The van der Waals surface area contributed by atoms with Crippen molar-refractivity contribution in [2.45, 2.75) is 31.8 Å². The van der Waals surface area contributed by atoms with E-state index in [1.807, 2.05) is 12.1 Å². The second kappa shape index (κ2) is 6.56. The average molecular weight is 308 g/mol. The summed E-state index contributed by atoms with van der Waals surface area (Å²) in [4.78, 5) is 6.64. The molecular formula is C15H18ClN3O2. The molecule has 0 unspecified atom stereocenters. The molecular weight excluding hydrogens is 290 g/mol. The fourth-order valence-corrected chi connectivity index (χ4v) is 2.81. The molecule has 0 saturated carbocycles. The van der Waals surface area contributed by atoms with Gasteiger partial charge < -0.3 is 9.63 Å². The summed E-state index contributed by atoms with van der Waals surface area (Å²) in [6, 6.07) is 7.55. The Labute approximate surface area is 128 Å². The van der Waals surface area contributed by atoms with Crippen LogP contribution in [-0.4, -0.2) is 39.3 Å². The van der Waals surface area contributed by atoms with E-state index < -0.39 is 0 Å². The maximum absolute atomic E-state index is 9.43. The maximum atomic E-state index is 9.43. The van der Waals surface area contributed by atoms with Gasteiger partial charge in [0.1, 0.15) is 0 Å². The lowest BCUT2D eigenvalue weighted by Crippen LogP contribution is -2.41. The van der Waals surface area contributed by atoms with Crippen molar-refractivity contribution in [3.05, 3.63) is 35.2 Å². The van der Waals surface area contributed by atoms with Gasteiger partial charge in [0, 0.05) is 16.6 Å². The Morgan fingerprint density at radius 2 is 2.10 bits per heavy atom. The maximum Gasteiger partial charge on any atom is 0.241 e. The standard InChI is InChI=1S/C15H18ClN3O2/c16-12-6-4-11(5-7-12)15-17-14(21-18-15)9-19-8-2-1-3-13(19)10-20/h4-7,13,20H,1-3,8-10H2/t13-/m1/s1. The second-order valence-corrected chi connectivity index (χ2v) is 5.76. The number of aromatic nitrogens is 2. The van der Waals surface area contributed by atoms with E-state index in [2.05, 4.69) is 15.0 Å². The number of hydrogen-bond donors (Lipinski definition) is 1. The van der Waals surface area contributed by atoms with Gasteiger partial charge in [0.2, 0.25) is 11.7 Å². The first-order chi connectivity index (χ1) is 10.3. The zero-order valence-electron chi connectivity index (χ0n) is 11.7. The third kappa shape index (κ3) is 3.43. The molecule has 1 aliphatic rings. The number of halogens is 1. The minimum absolute atomic E-state index is 0.179. The lowest BCUT2D eigenvalue weighted by atomic mass is 10.0. The van der Waals surface area contributed by atoms with Crippen molar-refractivity contribution in [1.82, 2.24) is 15.0 Å². The summed E-state index contributed by atoms with van der Waals surface area (Å²) >= 11 is 5.87. The van der Waals surface area contributed by atoms with Crippen LogP contribution in [0.25, 0.3) is 11.4 Å². The molecule has 1 aliphatic heterocycles. The zero-order chi connectivity index (χ0) is 14.7. The Morgan fingerprint density at radius 3 is 2.86 bits per heavy atom. The van der Waals surface area contributed by atoms with Gasteiger partial charge in [-0.25, -0.2) is 0 Å². The van der Waals surface area contributed by atoms with Crippen LogP contribution in [0.2, 0.25) is 5.02 Å². The molecule has 0 aliphatic carbocycles. The molecule has 5 nitrogen and oxygen atoms in total. The fraction of sp³-hybridized carbons (Fsp3) is 0.467. The molecule has 21 heavy (non-hydrogen) atoms. The highest BCUT2D eigenvalue weighted by Crippen LogP contribution is 2.21. The third-order valence-electron chi connectivity index (χ3n) is 3.87. The molecule has 1 N–H and O–H groups in total. The molecule has 1 fully saturated rings. The first-order valence-corrected chi connectivity index (χ1v) is 7.57. The average Bonchev–Trinajstić information content (AvgIpc) is 2.97. The van der Waals surface area contributed by atoms with Crippen molar-refractivity contribution < 1.29 is 9.63 Å². The van der Waals surface area contributed by atoms with Crippen molar-refractivity contribution in [1.29, 1.82) is 0 Å². The van der Waals surface area contributed by atoms with Crippen LogP contribution in [0.4, 0.5) is 0 Å². The molecule has 0 radical (unpaired) electrons. The minimum Gasteiger partial charge on any atom is -0.395 e. The number of hydrogen-bond acceptors (Lipinski definition) is 5. The molecule has 0 spiro atoms. The minimum atomic E-state index is 0.179. The van der Waals surface area contributed by atoms with E-state index in [0.717, 1.165) is 24.9 Å². The van der Waals surface area contributed by atoms with Crippen molar-refractivity contribution >= 4 is 11.6 Å². The Bertz CT molecular complexity index is 585. The Kier molecular flexibility index (Phi) is 4.53. The van der Waals surface area contributed by atoms with E-state index in [-0.39, 0.29) is 12.6 Å². The van der Waals surface area contributed by atoms with Gasteiger partial charge in [-0.2, -0.15) is 4.98 Å². The number of piperidine rings is 1. The first kappa shape index (κ1) is 14.5. The van der Waals surface area contributed by atoms with E-state index in [9.17, 15) is 5.11 Å². The summed E-state index contributed by atoms with van der Waals surface area (Å²) in [7, 11) is 0. The van der Waals surface area contributed by atoms with Gasteiger partial charge in [-0.15, -0.1) is 0 Å². The van der Waals surface area contributed by atoms with E-state index in [4.69, 9.17) is 16.1 Å². The summed E-state index contributed by atoms with van der Waals surface area (Å²) in [5.74, 6) is 1.15. The van der Waals surface area contributed by atoms with Gasteiger partial charge in [0.05, 0.1) is 13.2 Å². The highest BCUT2D eigenvalue weighted by Gasteiger charge is 2.23. The third-order valence-corrected chi connectivity index (χ3v) is 4.12. The fourth-order valence-electron chi connectivity index (χ4n) is 2.68. The molecule has 2 heterocycles. The quantitative estimate of drug-likeness (QED) is 0.941. The number of likely N-dealkylation sites (tertiary alicyclic amines) is 1. The van der Waals surface area contributed by atoms with Crippen LogP contribution in [0.5, 0.6) is 0 Å². The molecule has 112 valence electrons. The van der Waals surface area contributed by atoms with Crippen molar-refractivity contribution in [3.8, 4) is 11.4 Å². The van der Waals surface area contributed by atoms with Crippen molar-refractivity contribution in [2.75, 3.05) is 13.2 Å². The van der Waals surface area contributed by atoms with Crippen LogP contribution in [0.3, 0.4) is 0 Å². The number of nitrogens with zero attached hydrogens (tertiary/aromatic N) is 3. The van der Waals surface area contributed by atoms with E-state index in [1.54, 1.807) is 12.1 Å².